The molecule has 3 heteroatoms. The summed E-state index contributed by atoms with van der Waals surface area (Å²) in [5.41, 5.74) is 0. The molecule has 0 aromatic rings. The number of rotatable bonds is 4. The highest BCUT2D eigenvalue weighted by molar-refractivity contribution is 6.20. The first-order valence-electron chi connectivity index (χ1n) is 6.68. The second-order valence-electron chi connectivity index (χ2n) is 5.41. The zero-order valence-electron chi connectivity index (χ0n) is 10.3. The molecule has 4 atom stereocenters. The van der Waals surface area contributed by atoms with Gasteiger partial charge in [-0.05, 0) is 57.4 Å². The van der Waals surface area contributed by atoms with Crippen LogP contribution in [-0.2, 0) is 4.74 Å². The third kappa shape index (κ3) is 3.61. The van der Waals surface area contributed by atoms with Crippen LogP contribution in [0.1, 0.15) is 44.9 Å². The largest absolute Gasteiger partial charge is 0.381 e. The lowest BCUT2D eigenvalue weighted by Crippen LogP contribution is -2.38. The summed E-state index contributed by atoms with van der Waals surface area (Å²) in [5.74, 6) is 0.811. The van der Waals surface area contributed by atoms with Crippen LogP contribution in [-0.4, -0.2) is 31.2 Å². The van der Waals surface area contributed by atoms with Gasteiger partial charge < -0.3 is 10.1 Å². The summed E-state index contributed by atoms with van der Waals surface area (Å²) in [6.07, 6.45) is 9.25. The second-order valence-corrected chi connectivity index (χ2v) is 6.02. The molecular formula is C13H24ClNO. The fourth-order valence-corrected chi connectivity index (χ4v) is 3.46. The standard InChI is InChI=1S/C13H24ClNO/c1-16-13-4-2-3-12(8-13)15-9-10-5-6-11(14)7-10/h10-13,15H,2-9H2,1H3. The Kier molecular flexibility index (Phi) is 4.93. The van der Waals surface area contributed by atoms with Crippen molar-refractivity contribution >= 4 is 11.6 Å². The van der Waals surface area contributed by atoms with Crippen molar-refractivity contribution in [1.82, 2.24) is 5.32 Å². The van der Waals surface area contributed by atoms with E-state index in [-0.39, 0.29) is 0 Å². The van der Waals surface area contributed by atoms with Gasteiger partial charge in [-0.25, -0.2) is 0 Å². The lowest BCUT2D eigenvalue weighted by molar-refractivity contribution is 0.0583. The van der Waals surface area contributed by atoms with E-state index in [1.54, 1.807) is 0 Å². The summed E-state index contributed by atoms with van der Waals surface area (Å²) in [5, 5.41) is 4.14. The van der Waals surface area contributed by atoms with E-state index in [4.69, 9.17) is 16.3 Å². The van der Waals surface area contributed by atoms with E-state index in [9.17, 15) is 0 Å². The van der Waals surface area contributed by atoms with E-state index in [0.717, 1.165) is 12.5 Å². The van der Waals surface area contributed by atoms with Gasteiger partial charge in [-0.1, -0.05) is 0 Å². The molecule has 0 spiro atoms. The normalized spacial score (nSPS) is 40.1. The Morgan fingerprint density at radius 3 is 2.75 bits per heavy atom. The topological polar surface area (TPSA) is 21.3 Å². The maximum atomic E-state index is 6.13. The predicted octanol–water partition coefficient (Wildman–Crippen LogP) is 2.94. The van der Waals surface area contributed by atoms with Crippen molar-refractivity contribution in [3.05, 3.63) is 0 Å². The summed E-state index contributed by atoms with van der Waals surface area (Å²) in [6, 6.07) is 0.674. The van der Waals surface area contributed by atoms with Gasteiger partial charge in [-0.15, -0.1) is 11.6 Å². The van der Waals surface area contributed by atoms with Gasteiger partial charge in [-0.2, -0.15) is 0 Å². The van der Waals surface area contributed by atoms with E-state index < -0.39 is 0 Å². The van der Waals surface area contributed by atoms with Crippen LogP contribution in [0.4, 0.5) is 0 Å². The second kappa shape index (κ2) is 6.23. The first-order chi connectivity index (χ1) is 7.78. The van der Waals surface area contributed by atoms with Gasteiger partial charge >= 0.3 is 0 Å². The van der Waals surface area contributed by atoms with E-state index in [2.05, 4.69) is 5.32 Å². The fourth-order valence-electron chi connectivity index (χ4n) is 3.08. The molecular weight excluding hydrogens is 222 g/mol. The zero-order chi connectivity index (χ0) is 11.4. The summed E-state index contributed by atoms with van der Waals surface area (Å²) in [7, 11) is 1.84. The van der Waals surface area contributed by atoms with Gasteiger partial charge in [0.05, 0.1) is 6.10 Å². The van der Waals surface area contributed by atoms with Crippen LogP contribution in [0.3, 0.4) is 0 Å². The molecule has 0 saturated heterocycles. The van der Waals surface area contributed by atoms with Gasteiger partial charge in [-0.3, -0.25) is 0 Å². The van der Waals surface area contributed by atoms with Gasteiger partial charge in [0.1, 0.15) is 0 Å². The molecule has 0 aromatic carbocycles. The van der Waals surface area contributed by atoms with Crippen LogP contribution < -0.4 is 5.32 Å². The fraction of sp³-hybridized carbons (Fsp3) is 1.00. The number of ether oxygens (including phenoxy) is 1. The number of alkyl halides is 1. The van der Waals surface area contributed by atoms with Crippen molar-refractivity contribution in [2.24, 2.45) is 5.92 Å². The average molecular weight is 246 g/mol. The molecule has 2 aliphatic rings. The molecule has 4 unspecified atom stereocenters. The molecule has 94 valence electrons. The Balaban J connectivity index is 1.65. The Hall–Kier alpha value is 0.210. The maximum Gasteiger partial charge on any atom is 0.0586 e. The Morgan fingerprint density at radius 2 is 2.06 bits per heavy atom. The minimum Gasteiger partial charge on any atom is -0.381 e. The highest BCUT2D eigenvalue weighted by atomic mass is 35.5. The molecule has 2 fully saturated rings. The first-order valence-corrected chi connectivity index (χ1v) is 7.12. The van der Waals surface area contributed by atoms with E-state index in [1.165, 1.54) is 44.9 Å². The van der Waals surface area contributed by atoms with Gasteiger partial charge in [0.25, 0.3) is 0 Å². The molecule has 0 heterocycles. The van der Waals surface area contributed by atoms with Crippen LogP contribution in [0.5, 0.6) is 0 Å². The van der Waals surface area contributed by atoms with Gasteiger partial charge in [0.15, 0.2) is 0 Å². The van der Waals surface area contributed by atoms with Gasteiger partial charge in [0.2, 0.25) is 0 Å². The van der Waals surface area contributed by atoms with Gasteiger partial charge in [0, 0.05) is 18.5 Å². The zero-order valence-corrected chi connectivity index (χ0v) is 11.0. The van der Waals surface area contributed by atoms with Crippen LogP contribution in [0.2, 0.25) is 0 Å². The van der Waals surface area contributed by atoms with Crippen molar-refractivity contribution in [2.45, 2.75) is 62.5 Å². The monoisotopic (exact) mass is 245 g/mol. The Labute approximate surface area is 104 Å². The summed E-state index contributed by atoms with van der Waals surface area (Å²) >= 11 is 6.13. The van der Waals surface area contributed by atoms with Crippen molar-refractivity contribution in [3.8, 4) is 0 Å². The average Bonchev–Trinajstić information content (AvgIpc) is 2.73. The van der Waals surface area contributed by atoms with Crippen LogP contribution in [0.25, 0.3) is 0 Å². The lowest BCUT2D eigenvalue weighted by atomic mass is 9.92. The molecule has 0 radical (unpaired) electrons. The highest BCUT2D eigenvalue weighted by Crippen LogP contribution is 2.29. The minimum atomic E-state index is 0.435. The molecule has 2 saturated carbocycles. The summed E-state index contributed by atoms with van der Waals surface area (Å²) < 4.78 is 5.45. The molecule has 2 rings (SSSR count). The van der Waals surface area contributed by atoms with Crippen molar-refractivity contribution in [3.63, 3.8) is 0 Å². The predicted molar refractivity (Wildman–Crippen MR) is 68.0 cm³/mol. The number of hydrogen-bond acceptors (Lipinski definition) is 2. The Bertz CT molecular complexity index is 212. The molecule has 0 aliphatic heterocycles. The molecule has 2 aliphatic carbocycles. The molecule has 2 nitrogen and oxygen atoms in total. The molecule has 1 N–H and O–H groups in total. The number of methoxy groups -OCH3 is 1. The molecule has 0 bridgehead atoms. The smallest absolute Gasteiger partial charge is 0.0586 e. The van der Waals surface area contributed by atoms with Crippen molar-refractivity contribution in [2.75, 3.05) is 13.7 Å². The van der Waals surface area contributed by atoms with E-state index >= 15 is 0 Å². The van der Waals surface area contributed by atoms with Crippen LogP contribution in [0, 0.1) is 5.92 Å². The molecule has 0 aromatic heterocycles. The number of halogens is 1. The lowest BCUT2D eigenvalue weighted by Gasteiger charge is -2.29. The van der Waals surface area contributed by atoms with Crippen molar-refractivity contribution < 1.29 is 4.74 Å². The van der Waals surface area contributed by atoms with E-state index in [1.807, 2.05) is 7.11 Å². The van der Waals surface area contributed by atoms with Crippen molar-refractivity contribution in [1.29, 1.82) is 0 Å². The maximum absolute atomic E-state index is 6.13. The summed E-state index contributed by atoms with van der Waals surface area (Å²) in [6.45, 7) is 1.16. The molecule has 0 amide bonds. The number of hydrogen-bond donors (Lipinski definition) is 1. The molecule has 16 heavy (non-hydrogen) atoms. The van der Waals surface area contributed by atoms with Crippen LogP contribution >= 0.6 is 11.6 Å². The van der Waals surface area contributed by atoms with E-state index in [0.29, 0.717) is 17.5 Å². The SMILES string of the molecule is COC1CCCC(NCC2CCC(Cl)C2)C1. The third-order valence-electron chi connectivity index (χ3n) is 4.13. The quantitative estimate of drug-likeness (QED) is 0.769. The first kappa shape index (κ1) is 12.7. The Morgan fingerprint density at radius 1 is 1.19 bits per heavy atom. The minimum absolute atomic E-state index is 0.435. The van der Waals surface area contributed by atoms with Crippen LogP contribution in [0.15, 0.2) is 0 Å². The number of nitrogens with one attached hydrogen (secondary N) is 1. The summed E-state index contributed by atoms with van der Waals surface area (Å²) in [4.78, 5) is 0. The highest BCUT2D eigenvalue weighted by Gasteiger charge is 2.25. The third-order valence-corrected chi connectivity index (χ3v) is 4.53.